The summed E-state index contributed by atoms with van der Waals surface area (Å²) in [6.45, 7) is 10.6. The Hall–Kier alpha value is -0.900. The van der Waals surface area contributed by atoms with Gasteiger partial charge in [0, 0.05) is 6.54 Å². The molecule has 0 heterocycles. The normalized spacial score (nSPS) is 15.7. The fraction of sp³-hybridized carbons (Fsp3) is 0.571. The minimum Gasteiger partial charge on any atom is -0.384 e. The highest BCUT2D eigenvalue weighted by molar-refractivity contribution is 5.38. The summed E-state index contributed by atoms with van der Waals surface area (Å²) in [5, 5.41) is 10.4. The third-order valence-electron chi connectivity index (χ3n) is 3.13. The largest absolute Gasteiger partial charge is 0.384 e. The van der Waals surface area contributed by atoms with E-state index in [2.05, 4.69) is 44.4 Å². The summed E-state index contributed by atoms with van der Waals surface area (Å²) >= 11 is 0. The maximum Gasteiger partial charge on any atom is 0.101 e. The van der Waals surface area contributed by atoms with Crippen LogP contribution in [0.4, 0.5) is 0 Å². The van der Waals surface area contributed by atoms with Crippen LogP contribution < -0.4 is 11.3 Å². The Morgan fingerprint density at radius 3 is 2.29 bits per heavy atom. The molecule has 0 fully saturated rings. The number of benzene rings is 1. The van der Waals surface area contributed by atoms with Crippen LogP contribution in [0.15, 0.2) is 18.2 Å². The Bertz CT molecular complexity index is 392. The lowest BCUT2D eigenvalue weighted by atomic mass is 9.82. The van der Waals surface area contributed by atoms with Crippen molar-refractivity contribution in [2.75, 3.05) is 6.54 Å². The summed E-state index contributed by atoms with van der Waals surface area (Å²) in [7, 11) is 0. The smallest absolute Gasteiger partial charge is 0.101 e. The van der Waals surface area contributed by atoms with Crippen molar-refractivity contribution in [1.82, 2.24) is 5.43 Å². The van der Waals surface area contributed by atoms with E-state index in [1.54, 1.807) is 6.92 Å². The average Bonchev–Trinajstić information content (AvgIpc) is 2.15. The summed E-state index contributed by atoms with van der Waals surface area (Å²) in [6, 6.07) is 6.25. The first-order chi connectivity index (χ1) is 7.68. The molecule has 1 aromatic carbocycles. The molecule has 0 aliphatic carbocycles. The first kappa shape index (κ1) is 14.2. The van der Waals surface area contributed by atoms with E-state index in [1.165, 1.54) is 5.56 Å². The lowest BCUT2D eigenvalue weighted by molar-refractivity contribution is 0.0565. The number of aliphatic hydroxyl groups is 1. The first-order valence-electron chi connectivity index (χ1n) is 5.96. The van der Waals surface area contributed by atoms with E-state index < -0.39 is 5.60 Å². The summed E-state index contributed by atoms with van der Waals surface area (Å²) in [5.41, 5.74) is 4.91. The van der Waals surface area contributed by atoms with Crippen LogP contribution in [0.25, 0.3) is 0 Å². The van der Waals surface area contributed by atoms with Gasteiger partial charge in [-0.25, -0.2) is 0 Å². The predicted octanol–water partition coefficient (Wildman–Crippen LogP) is 1.96. The molecule has 1 atom stereocenters. The Morgan fingerprint density at radius 1 is 1.24 bits per heavy atom. The highest BCUT2D eigenvalue weighted by atomic mass is 16.3. The van der Waals surface area contributed by atoms with Crippen LogP contribution in [0.1, 0.15) is 44.4 Å². The average molecular weight is 236 g/mol. The van der Waals surface area contributed by atoms with Crippen LogP contribution in [0.3, 0.4) is 0 Å². The van der Waals surface area contributed by atoms with Crippen LogP contribution in [0.2, 0.25) is 0 Å². The molecule has 96 valence electrons. The van der Waals surface area contributed by atoms with E-state index in [4.69, 9.17) is 5.84 Å². The lowest BCUT2D eigenvalue weighted by Gasteiger charge is -2.28. The van der Waals surface area contributed by atoms with Crippen molar-refractivity contribution in [3.05, 3.63) is 34.9 Å². The van der Waals surface area contributed by atoms with Gasteiger partial charge >= 0.3 is 0 Å². The van der Waals surface area contributed by atoms with Gasteiger partial charge < -0.3 is 5.11 Å². The van der Waals surface area contributed by atoms with Crippen molar-refractivity contribution in [2.45, 2.75) is 45.6 Å². The Kier molecular flexibility index (Phi) is 3.97. The maximum atomic E-state index is 10.4. The molecule has 0 saturated carbocycles. The number of aryl methyl sites for hydroxylation is 1. The molecule has 0 aromatic heterocycles. The zero-order valence-corrected chi connectivity index (χ0v) is 11.5. The summed E-state index contributed by atoms with van der Waals surface area (Å²) in [4.78, 5) is 0. The van der Waals surface area contributed by atoms with Crippen molar-refractivity contribution in [3.8, 4) is 0 Å². The highest BCUT2D eigenvalue weighted by Gasteiger charge is 2.26. The lowest BCUT2D eigenvalue weighted by Crippen LogP contribution is -2.39. The van der Waals surface area contributed by atoms with Gasteiger partial charge in [-0.2, -0.15) is 0 Å². The third kappa shape index (κ3) is 3.28. The fourth-order valence-corrected chi connectivity index (χ4v) is 1.96. The summed E-state index contributed by atoms with van der Waals surface area (Å²) in [5.74, 6) is 5.32. The summed E-state index contributed by atoms with van der Waals surface area (Å²) < 4.78 is 0. The number of hydrogen-bond acceptors (Lipinski definition) is 3. The van der Waals surface area contributed by atoms with Gasteiger partial charge in [0.15, 0.2) is 0 Å². The van der Waals surface area contributed by atoms with E-state index in [-0.39, 0.29) is 5.41 Å². The maximum absolute atomic E-state index is 10.4. The van der Waals surface area contributed by atoms with Crippen LogP contribution in [-0.2, 0) is 11.0 Å². The molecule has 0 radical (unpaired) electrons. The minimum atomic E-state index is -0.944. The highest BCUT2D eigenvalue weighted by Crippen LogP contribution is 2.29. The van der Waals surface area contributed by atoms with Gasteiger partial charge in [-0.1, -0.05) is 39.0 Å². The van der Waals surface area contributed by atoms with E-state index >= 15 is 0 Å². The molecule has 3 heteroatoms. The Balaban J connectivity index is 3.24. The number of hydrazine groups is 1. The number of nitrogens with two attached hydrogens (primary N) is 1. The first-order valence-corrected chi connectivity index (χ1v) is 5.96. The molecule has 0 aliphatic rings. The van der Waals surface area contributed by atoms with Crippen molar-refractivity contribution < 1.29 is 5.11 Å². The van der Waals surface area contributed by atoms with Gasteiger partial charge in [0.25, 0.3) is 0 Å². The third-order valence-corrected chi connectivity index (χ3v) is 3.13. The predicted molar refractivity (Wildman–Crippen MR) is 71.6 cm³/mol. The van der Waals surface area contributed by atoms with Crippen molar-refractivity contribution in [2.24, 2.45) is 5.84 Å². The SMILES string of the molecule is Cc1ccc(C(C)(C)C)cc1C(C)(O)CNN. The number of rotatable bonds is 3. The molecule has 0 spiro atoms. The molecule has 17 heavy (non-hydrogen) atoms. The van der Waals surface area contributed by atoms with E-state index in [0.717, 1.165) is 11.1 Å². The molecule has 1 rings (SSSR count). The van der Waals surface area contributed by atoms with E-state index in [9.17, 15) is 5.11 Å². The second-order valence-electron chi connectivity index (χ2n) is 5.93. The van der Waals surface area contributed by atoms with Gasteiger partial charge in [-0.05, 0) is 36.0 Å². The van der Waals surface area contributed by atoms with Crippen molar-refractivity contribution >= 4 is 0 Å². The second-order valence-corrected chi connectivity index (χ2v) is 5.93. The molecule has 0 amide bonds. The monoisotopic (exact) mass is 236 g/mol. The van der Waals surface area contributed by atoms with Crippen LogP contribution in [-0.4, -0.2) is 11.7 Å². The van der Waals surface area contributed by atoms with Gasteiger partial charge in [0.2, 0.25) is 0 Å². The second kappa shape index (κ2) is 4.77. The zero-order valence-electron chi connectivity index (χ0n) is 11.5. The van der Waals surface area contributed by atoms with Gasteiger partial charge in [0.1, 0.15) is 5.60 Å². The van der Waals surface area contributed by atoms with Crippen LogP contribution in [0, 0.1) is 6.92 Å². The number of hydrogen-bond donors (Lipinski definition) is 3. The van der Waals surface area contributed by atoms with Crippen molar-refractivity contribution in [3.63, 3.8) is 0 Å². The topological polar surface area (TPSA) is 58.3 Å². The fourth-order valence-electron chi connectivity index (χ4n) is 1.96. The minimum absolute atomic E-state index is 0.0780. The Labute approximate surface area is 104 Å². The molecule has 0 bridgehead atoms. The quantitative estimate of drug-likeness (QED) is 0.555. The molecular weight excluding hydrogens is 212 g/mol. The number of nitrogens with one attached hydrogen (secondary N) is 1. The molecule has 0 aliphatic heterocycles. The molecular formula is C14H24N2O. The van der Waals surface area contributed by atoms with E-state index in [0.29, 0.717) is 6.54 Å². The van der Waals surface area contributed by atoms with Crippen LogP contribution in [0.5, 0.6) is 0 Å². The standard InChI is InChI=1S/C14H24N2O/c1-10-6-7-11(13(2,3)4)8-12(10)14(5,17)9-16-15/h6-8,16-17H,9,15H2,1-5H3. The molecule has 4 N–H and O–H groups in total. The molecule has 3 nitrogen and oxygen atoms in total. The van der Waals surface area contributed by atoms with Crippen LogP contribution >= 0.6 is 0 Å². The van der Waals surface area contributed by atoms with Gasteiger partial charge in [-0.3, -0.25) is 11.3 Å². The van der Waals surface area contributed by atoms with Gasteiger partial charge in [0.05, 0.1) is 0 Å². The molecule has 1 unspecified atom stereocenters. The Morgan fingerprint density at radius 2 is 1.82 bits per heavy atom. The van der Waals surface area contributed by atoms with Gasteiger partial charge in [-0.15, -0.1) is 0 Å². The zero-order chi connectivity index (χ0) is 13.3. The molecule has 1 aromatic rings. The van der Waals surface area contributed by atoms with Crippen molar-refractivity contribution in [1.29, 1.82) is 0 Å². The van der Waals surface area contributed by atoms with E-state index in [1.807, 2.05) is 6.92 Å². The summed E-state index contributed by atoms with van der Waals surface area (Å²) in [6.07, 6.45) is 0. The molecule has 0 saturated heterocycles.